The molecule has 0 fully saturated rings. The van der Waals surface area contributed by atoms with Crippen molar-refractivity contribution in [2.75, 3.05) is 7.11 Å². The van der Waals surface area contributed by atoms with Gasteiger partial charge in [-0.25, -0.2) is 9.59 Å². The summed E-state index contributed by atoms with van der Waals surface area (Å²) in [6, 6.07) is 17.4. The molecule has 140 valence electrons. The summed E-state index contributed by atoms with van der Waals surface area (Å²) < 4.78 is 16.0. The average Bonchev–Trinajstić information content (AvgIpc) is 2.71. The highest BCUT2D eigenvalue weighted by molar-refractivity contribution is 6.31. The largest absolute Gasteiger partial charge is 0.496 e. The topological polar surface area (TPSA) is 65.7 Å². The van der Waals surface area contributed by atoms with Crippen molar-refractivity contribution in [3.63, 3.8) is 0 Å². The van der Waals surface area contributed by atoms with E-state index in [4.69, 9.17) is 25.5 Å². The van der Waals surface area contributed by atoms with E-state index in [0.29, 0.717) is 21.9 Å². The lowest BCUT2D eigenvalue weighted by molar-refractivity contribution is 0.0470. The summed E-state index contributed by atoms with van der Waals surface area (Å²) in [6.07, 6.45) is 0. The highest BCUT2D eigenvalue weighted by Gasteiger charge is 2.16. The molecule has 0 aliphatic heterocycles. The molecular weight excluding hydrogens is 380 g/mol. The minimum absolute atomic E-state index is 0.0927. The Labute approximate surface area is 165 Å². The molecule has 0 saturated heterocycles. The quantitative estimate of drug-likeness (QED) is 0.278. The molecular formula is C22H15ClO5. The van der Waals surface area contributed by atoms with E-state index in [9.17, 15) is 9.59 Å². The molecule has 1 aromatic heterocycles. The maximum Gasteiger partial charge on any atom is 0.342 e. The lowest BCUT2D eigenvalue weighted by Gasteiger charge is -2.11. The van der Waals surface area contributed by atoms with Crippen LogP contribution in [0.25, 0.3) is 21.7 Å². The molecule has 4 rings (SSSR count). The molecule has 0 spiro atoms. The zero-order valence-electron chi connectivity index (χ0n) is 14.9. The number of benzene rings is 3. The van der Waals surface area contributed by atoms with Crippen LogP contribution in [0.5, 0.6) is 5.75 Å². The molecule has 28 heavy (non-hydrogen) atoms. The number of ether oxygens (including phenoxy) is 2. The molecule has 6 heteroatoms. The van der Waals surface area contributed by atoms with Crippen LogP contribution in [0.4, 0.5) is 0 Å². The van der Waals surface area contributed by atoms with Gasteiger partial charge in [-0.3, -0.25) is 0 Å². The van der Waals surface area contributed by atoms with Crippen LogP contribution in [0, 0.1) is 0 Å². The van der Waals surface area contributed by atoms with Crippen molar-refractivity contribution in [1.82, 2.24) is 0 Å². The summed E-state index contributed by atoms with van der Waals surface area (Å²) in [4.78, 5) is 24.5. The number of rotatable bonds is 4. The van der Waals surface area contributed by atoms with Crippen molar-refractivity contribution in [1.29, 1.82) is 0 Å². The van der Waals surface area contributed by atoms with Gasteiger partial charge in [0.2, 0.25) is 0 Å². The van der Waals surface area contributed by atoms with Crippen LogP contribution in [-0.4, -0.2) is 13.1 Å². The van der Waals surface area contributed by atoms with Crippen LogP contribution in [0.15, 0.2) is 69.9 Å². The van der Waals surface area contributed by atoms with Gasteiger partial charge in [0, 0.05) is 22.0 Å². The number of esters is 1. The number of hydrogen-bond donors (Lipinski definition) is 0. The summed E-state index contributed by atoms with van der Waals surface area (Å²) in [5.41, 5.74) is 0.719. The minimum atomic E-state index is -0.596. The van der Waals surface area contributed by atoms with Crippen molar-refractivity contribution in [2.24, 2.45) is 0 Å². The maximum atomic E-state index is 12.6. The van der Waals surface area contributed by atoms with Crippen molar-refractivity contribution < 1.29 is 18.7 Å². The molecule has 0 N–H and O–H groups in total. The SMILES string of the molecule is COc1ccc(Cl)cc1C(=O)OCc1cc(=O)oc2ccc3ccccc3c12. The fraction of sp³-hybridized carbons (Fsp3) is 0.0909. The Balaban J connectivity index is 1.74. The van der Waals surface area contributed by atoms with Crippen LogP contribution in [-0.2, 0) is 11.3 Å². The van der Waals surface area contributed by atoms with Gasteiger partial charge in [-0.05, 0) is 35.0 Å². The third-order valence-electron chi connectivity index (χ3n) is 4.45. The lowest BCUT2D eigenvalue weighted by Crippen LogP contribution is -2.09. The summed E-state index contributed by atoms with van der Waals surface area (Å²) in [6.45, 7) is -0.0927. The van der Waals surface area contributed by atoms with E-state index in [1.165, 1.54) is 19.2 Å². The van der Waals surface area contributed by atoms with Crippen LogP contribution >= 0.6 is 11.6 Å². The first-order valence-corrected chi connectivity index (χ1v) is 8.90. The molecule has 4 aromatic rings. The molecule has 0 amide bonds. The van der Waals surface area contributed by atoms with Gasteiger partial charge in [-0.2, -0.15) is 0 Å². The van der Waals surface area contributed by atoms with Gasteiger partial charge in [-0.1, -0.05) is 41.9 Å². The van der Waals surface area contributed by atoms with Crippen molar-refractivity contribution in [2.45, 2.75) is 6.61 Å². The summed E-state index contributed by atoms with van der Waals surface area (Å²) in [5, 5.41) is 3.04. The van der Waals surface area contributed by atoms with Gasteiger partial charge in [0.1, 0.15) is 23.5 Å². The highest BCUT2D eigenvalue weighted by Crippen LogP contribution is 2.28. The van der Waals surface area contributed by atoms with E-state index < -0.39 is 11.6 Å². The molecule has 0 unspecified atom stereocenters. The first kappa shape index (κ1) is 18.1. The maximum absolute atomic E-state index is 12.6. The highest BCUT2D eigenvalue weighted by atomic mass is 35.5. The first-order valence-electron chi connectivity index (χ1n) is 8.52. The number of halogens is 1. The van der Waals surface area contributed by atoms with Gasteiger partial charge in [0.25, 0.3) is 0 Å². The molecule has 5 nitrogen and oxygen atoms in total. The van der Waals surface area contributed by atoms with E-state index in [1.807, 2.05) is 30.3 Å². The number of hydrogen-bond acceptors (Lipinski definition) is 5. The standard InChI is InChI=1S/C22H15ClO5/c1-26-18-9-7-15(23)11-17(18)22(25)27-12-14-10-20(24)28-19-8-6-13-4-2-3-5-16(13)21(14)19/h2-11H,12H2,1H3. The van der Waals surface area contributed by atoms with Gasteiger partial charge in [-0.15, -0.1) is 0 Å². The molecule has 0 aliphatic rings. The van der Waals surface area contributed by atoms with E-state index in [1.54, 1.807) is 18.2 Å². The van der Waals surface area contributed by atoms with Gasteiger partial charge >= 0.3 is 11.6 Å². The van der Waals surface area contributed by atoms with E-state index in [0.717, 1.165) is 16.2 Å². The van der Waals surface area contributed by atoms with Crippen molar-refractivity contribution in [3.8, 4) is 5.75 Å². The number of methoxy groups -OCH3 is 1. The second-order valence-electron chi connectivity index (χ2n) is 6.17. The molecule has 3 aromatic carbocycles. The van der Waals surface area contributed by atoms with Crippen LogP contribution < -0.4 is 10.4 Å². The second-order valence-corrected chi connectivity index (χ2v) is 6.61. The van der Waals surface area contributed by atoms with E-state index >= 15 is 0 Å². The second kappa shape index (κ2) is 7.37. The van der Waals surface area contributed by atoms with Crippen LogP contribution in [0.2, 0.25) is 5.02 Å². The number of carbonyl (C=O) groups excluding carboxylic acids is 1. The molecule has 1 heterocycles. The molecule has 0 radical (unpaired) electrons. The van der Waals surface area contributed by atoms with Gasteiger partial charge in [0.15, 0.2) is 0 Å². The Kier molecular flexibility index (Phi) is 4.75. The van der Waals surface area contributed by atoms with Crippen molar-refractivity contribution in [3.05, 3.63) is 87.2 Å². The van der Waals surface area contributed by atoms with Gasteiger partial charge in [0.05, 0.1) is 7.11 Å². The predicted molar refractivity (Wildman–Crippen MR) is 107 cm³/mol. The van der Waals surface area contributed by atoms with E-state index in [-0.39, 0.29) is 12.2 Å². The summed E-state index contributed by atoms with van der Waals surface area (Å²) in [7, 11) is 1.46. The summed E-state index contributed by atoms with van der Waals surface area (Å²) in [5.74, 6) is -0.238. The number of fused-ring (bicyclic) bond motifs is 3. The van der Waals surface area contributed by atoms with Crippen LogP contribution in [0.1, 0.15) is 15.9 Å². The predicted octanol–water partition coefficient (Wildman–Crippen LogP) is 4.97. The monoisotopic (exact) mass is 394 g/mol. The zero-order valence-corrected chi connectivity index (χ0v) is 15.7. The fourth-order valence-corrected chi connectivity index (χ4v) is 3.37. The Bertz CT molecular complexity index is 1260. The van der Waals surface area contributed by atoms with Crippen molar-refractivity contribution >= 4 is 39.3 Å². The Morgan fingerprint density at radius 3 is 2.71 bits per heavy atom. The molecule has 0 bridgehead atoms. The normalized spacial score (nSPS) is 10.9. The Morgan fingerprint density at radius 2 is 1.89 bits per heavy atom. The zero-order chi connectivity index (χ0) is 19.7. The molecule has 0 saturated carbocycles. The summed E-state index contributed by atoms with van der Waals surface area (Å²) >= 11 is 5.98. The van der Waals surface area contributed by atoms with Crippen LogP contribution in [0.3, 0.4) is 0 Å². The third-order valence-corrected chi connectivity index (χ3v) is 4.69. The Morgan fingerprint density at radius 1 is 1.07 bits per heavy atom. The first-order chi connectivity index (χ1) is 13.6. The average molecular weight is 395 g/mol. The minimum Gasteiger partial charge on any atom is -0.496 e. The fourth-order valence-electron chi connectivity index (χ4n) is 3.19. The lowest BCUT2D eigenvalue weighted by atomic mass is 10.0. The van der Waals surface area contributed by atoms with E-state index in [2.05, 4.69) is 0 Å². The Hall–Kier alpha value is -3.31. The molecule has 0 atom stereocenters. The van der Waals surface area contributed by atoms with Gasteiger partial charge < -0.3 is 13.9 Å². The number of carbonyl (C=O) groups is 1. The smallest absolute Gasteiger partial charge is 0.342 e. The third kappa shape index (κ3) is 3.32. The molecule has 0 aliphatic carbocycles.